The quantitative estimate of drug-likeness (QED) is 0.0191. The average Bonchev–Trinajstić information content (AvgIpc) is 0.782. The second kappa shape index (κ2) is 60.3. The molecule has 2 fully saturated rings. The van der Waals surface area contributed by atoms with Crippen LogP contribution < -0.4 is 0 Å². The van der Waals surface area contributed by atoms with E-state index >= 15 is 0 Å². The summed E-state index contributed by atoms with van der Waals surface area (Å²) in [5.41, 5.74) is 0. The lowest BCUT2D eigenvalue weighted by atomic mass is 9.97. The molecule has 0 radical (unpaired) electrons. The number of carbonyl (C=O) groups excluding carboxylic acids is 4. The van der Waals surface area contributed by atoms with Crippen molar-refractivity contribution in [2.75, 3.05) is 13.2 Å². The minimum Gasteiger partial charge on any atom is -0.463 e. The molecule has 95 heavy (non-hydrogen) atoms. The number of ether oxygens (including phenoxy) is 7. The van der Waals surface area contributed by atoms with Gasteiger partial charge in [-0.15, -0.1) is 0 Å². The van der Waals surface area contributed by atoms with E-state index in [1.54, 1.807) is 0 Å². The van der Waals surface area contributed by atoms with E-state index in [4.69, 9.17) is 37.3 Å². The molecule has 0 aliphatic carbocycles. The smallest absolute Gasteiger partial charge is 0.397 e. The van der Waals surface area contributed by atoms with Crippen molar-refractivity contribution < 1.29 is 84.8 Å². The van der Waals surface area contributed by atoms with E-state index in [2.05, 4.69) is 27.7 Å². The predicted octanol–water partition coefficient (Wildman–Crippen LogP) is 18.6. The van der Waals surface area contributed by atoms with Crippen LogP contribution in [-0.2, 0) is 66.9 Å². The SMILES string of the molecule is CCCCCCCCCCCCCCCC(=O)OC[C@H]1O[C@H](O[C@H]2O[C@H](COC(=O)CCCCCCCCCCCCCCC)[C@@H](O)[C@H](OC(=O)CCCCCCCCCCCCCCC)[C@H]2OC(=O)CCCCCCCCCCCCCCC)[C@H](OS(=O)(=O)O)[C@@H](O)[C@@H]1O. The Hall–Kier alpha value is -2.49. The largest absolute Gasteiger partial charge is 0.463 e. The molecule has 2 aliphatic rings. The lowest BCUT2D eigenvalue weighted by Gasteiger charge is -2.46. The lowest BCUT2D eigenvalue weighted by Crippen LogP contribution is -2.65. The van der Waals surface area contributed by atoms with E-state index in [-0.39, 0.29) is 25.7 Å². The van der Waals surface area contributed by atoms with Crippen LogP contribution in [0.4, 0.5) is 0 Å². The third-order valence-corrected chi connectivity index (χ3v) is 19.5. The van der Waals surface area contributed by atoms with Gasteiger partial charge in [-0.3, -0.25) is 23.7 Å². The van der Waals surface area contributed by atoms with Crippen LogP contribution in [0.2, 0.25) is 0 Å². The average molecular weight is 1380 g/mol. The highest BCUT2D eigenvalue weighted by Gasteiger charge is 2.55. The number of hydrogen-bond donors (Lipinski definition) is 4. The summed E-state index contributed by atoms with van der Waals surface area (Å²) in [6.45, 7) is 7.71. The fourth-order valence-electron chi connectivity index (χ4n) is 13.0. The Morgan fingerprint density at radius 3 is 0.811 bits per heavy atom. The Balaban J connectivity index is 2.30. The van der Waals surface area contributed by atoms with E-state index in [0.717, 1.165) is 116 Å². The molecule has 4 N–H and O–H groups in total. The van der Waals surface area contributed by atoms with Gasteiger partial charge in [0.15, 0.2) is 24.6 Å². The zero-order valence-corrected chi connectivity index (χ0v) is 61.5. The number of carbonyl (C=O) groups is 4. The van der Waals surface area contributed by atoms with Gasteiger partial charge in [0, 0.05) is 25.7 Å². The van der Waals surface area contributed by atoms with Crippen molar-refractivity contribution in [2.24, 2.45) is 0 Å². The molecule has 0 bridgehead atoms. The van der Waals surface area contributed by atoms with Crippen LogP contribution in [0.3, 0.4) is 0 Å². The summed E-state index contributed by atoms with van der Waals surface area (Å²) < 4.78 is 81.7. The molecule has 560 valence electrons. The molecule has 0 unspecified atom stereocenters. The summed E-state index contributed by atoms with van der Waals surface area (Å²) in [5.74, 6) is -2.62. The van der Waals surface area contributed by atoms with Crippen molar-refractivity contribution in [3.8, 4) is 0 Å². The van der Waals surface area contributed by atoms with Crippen molar-refractivity contribution in [1.29, 1.82) is 0 Å². The first-order valence-electron chi connectivity index (χ1n) is 39.5. The maximum Gasteiger partial charge on any atom is 0.397 e. The minimum atomic E-state index is -5.40. The molecule has 19 heteroatoms. The molecule has 0 spiro atoms. The summed E-state index contributed by atoms with van der Waals surface area (Å²) in [4.78, 5) is 54.4. The van der Waals surface area contributed by atoms with Crippen LogP contribution in [-0.4, -0.2) is 127 Å². The highest BCUT2D eigenvalue weighted by molar-refractivity contribution is 7.80. The summed E-state index contributed by atoms with van der Waals surface area (Å²) in [6, 6.07) is 0. The van der Waals surface area contributed by atoms with E-state index in [9.17, 15) is 47.5 Å². The molecule has 0 amide bonds. The van der Waals surface area contributed by atoms with E-state index in [0.29, 0.717) is 25.7 Å². The first-order valence-corrected chi connectivity index (χ1v) is 40.9. The van der Waals surface area contributed by atoms with Crippen LogP contribution in [0.1, 0.15) is 387 Å². The summed E-state index contributed by atoms with van der Waals surface area (Å²) >= 11 is 0. The Labute approximate surface area is 578 Å². The Kier molecular flexibility index (Phi) is 56.2. The summed E-state index contributed by atoms with van der Waals surface area (Å²) in [7, 11) is -5.40. The molecular weight excluding hydrogens is 1230 g/mol. The van der Waals surface area contributed by atoms with Gasteiger partial charge in [-0.1, -0.05) is 336 Å². The van der Waals surface area contributed by atoms with Gasteiger partial charge in [-0.25, -0.2) is 4.18 Å². The Morgan fingerprint density at radius 2 is 0.537 bits per heavy atom. The molecule has 2 aliphatic heterocycles. The Bertz CT molecular complexity index is 1940. The van der Waals surface area contributed by atoms with Gasteiger partial charge in [0.2, 0.25) is 6.29 Å². The van der Waals surface area contributed by atoms with E-state index < -0.39 is 109 Å². The fraction of sp³-hybridized carbons (Fsp3) is 0.947. The minimum absolute atomic E-state index is 0.0361. The van der Waals surface area contributed by atoms with Gasteiger partial charge in [0.1, 0.15) is 43.7 Å². The second-order valence-electron chi connectivity index (χ2n) is 27.9. The molecule has 0 saturated carbocycles. The van der Waals surface area contributed by atoms with Crippen LogP contribution in [0, 0.1) is 0 Å². The molecule has 2 rings (SSSR count). The van der Waals surface area contributed by atoms with Crippen molar-refractivity contribution in [3.63, 3.8) is 0 Å². The number of hydrogen-bond acceptors (Lipinski definition) is 17. The first-order chi connectivity index (χ1) is 46.1. The number of aliphatic hydroxyl groups excluding tert-OH is 3. The molecule has 2 saturated heterocycles. The van der Waals surface area contributed by atoms with Crippen molar-refractivity contribution in [3.05, 3.63) is 0 Å². The van der Waals surface area contributed by atoms with Gasteiger partial charge in [0.25, 0.3) is 0 Å². The number of aliphatic hydroxyl groups is 3. The molecular formula is C76H142O18S. The standard InChI is InChI=1S/C76H142O18S/c1-5-9-13-17-21-25-29-33-37-41-45-49-53-57-65(77)87-61-63-69(81)71(83)73(94-95(84,85)86)75(89-63)93-76-74(92-68(80)60-56-52-48-44-40-36-32-28-24-20-16-12-8-4)72(91-67(79)59-55-51-47-43-39-35-31-27-23-19-15-11-7-3)70(82)64(90-76)62-88-66(78)58-54-50-46-42-38-34-30-26-22-18-14-10-6-2/h63-64,69-76,81-83H,5-62H2,1-4H3,(H,84,85,86)/t63-,64-,69-,70-,71+,72+,73-,74-,75-,76-/m1/s1. The van der Waals surface area contributed by atoms with Crippen LogP contribution in [0.5, 0.6) is 0 Å². The number of rotatable bonds is 66. The maximum absolute atomic E-state index is 14.0. The molecule has 2 heterocycles. The third kappa shape index (κ3) is 47.3. The topological polar surface area (TPSA) is 257 Å². The molecule has 0 aromatic heterocycles. The number of unbranched alkanes of at least 4 members (excludes halogenated alkanes) is 48. The van der Waals surface area contributed by atoms with E-state index in [1.807, 2.05) is 0 Å². The maximum atomic E-state index is 14.0. The van der Waals surface area contributed by atoms with Crippen molar-refractivity contribution >= 4 is 34.3 Å². The van der Waals surface area contributed by atoms with E-state index in [1.165, 1.54) is 193 Å². The fourth-order valence-corrected chi connectivity index (χ4v) is 13.5. The first kappa shape index (κ1) is 88.6. The second-order valence-corrected chi connectivity index (χ2v) is 29.0. The monoisotopic (exact) mass is 1370 g/mol. The third-order valence-electron chi connectivity index (χ3n) is 19.1. The summed E-state index contributed by atoms with van der Waals surface area (Å²) in [6.07, 6.45) is 39.2. The molecule has 10 atom stereocenters. The normalized spacial score (nSPS) is 21.4. The lowest BCUT2D eigenvalue weighted by molar-refractivity contribution is -0.374. The van der Waals surface area contributed by atoms with Gasteiger partial charge >= 0.3 is 34.3 Å². The van der Waals surface area contributed by atoms with Gasteiger partial charge < -0.3 is 48.5 Å². The highest BCUT2D eigenvalue weighted by atomic mass is 32.3. The Morgan fingerprint density at radius 1 is 0.305 bits per heavy atom. The summed E-state index contributed by atoms with van der Waals surface area (Å²) in [5, 5.41) is 35.0. The predicted molar refractivity (Wildman–Crippen MR) is 376 cm³/mol. The van der Waals surface area contributed by atoms with Crippen molar-refractivity contribution in [1.82, 2.24) is 0 Å². The zero-order valence-electron chi connectivity index (χ0n) is 60.7. The van der Waals surface area contributed by atoms with Crippen LogP contribution >= 0.6 is 0 Å². The number of esters is 4. The molecule has 0 aromatic carbocycles. The van der Waals surface area contributed by atoms with Crippen molar-refractivity contribution in [2.45, 2.75) is 449 Å². The van der Waals surface area contributed by atoms with Gasteiger partial charge in [0.05, 0.1) is 0 Å². The molecule has 0 aromatic rings. The zero-order chi connectivity index (χ0) is 69.3. The van der Waals surface area contributed by atoms with Crippen LogP contribution in [0.15, 0.2) is 0 Å². The highest BCUT2D eigenvalue weighted by Crippen LogP contribution is 2.34. The van der Waals surface area contributed by atoms with Gasteiger partial charge in [-0.2, -0.15) is 8.42 Å². The van der Waals surface area contributed by atoms with Crippen LogP contribution in [0.25, 0.3) is 0 Å². The van der Waals surface area contributed by atoms with Gasteiger partial charge in [-0.05, 0) is 25.7 Å². The molecule has 18 nitrogen and oxygen atoms in total.